The van der Waals surface area contributed by atoms with Crippen LogP contribution in [0.3, 0.4) is 0 Å². The molecular formula is C32H33F2N5O9. The summed E-state index contributed by atoms with van der Waals surface area (Å²) in [6.07, 6.45) is 0.289. The van der Waals surface area contributed by atoms with Crippen LogP contribution in [-0.2, 0) is 9.47 Å². The first-order chi connectivity index (χ1) is 22.7. The largest absolute Gasteiger partial charge is 0.494 e. The Kier molecular flexibility index (Phi) is 9.38. The van der Waals surface area contributed by atoms with E-state index in [9.17, 15) is 19.7 Å². The Morgan fingerprint density at radius 3 is 2.29 bits per heavy atom. The van der Waals surface area contributed by atoms with Crippen LogP contribution in [0, 0.1) is 21.7 Å². The predicted molar refractivity (Wildman–Crippen MR) is 171 cm³/mol. The number of rotatable bonds is 9. The number of methoxy groups -OCH3 is 2. The maximum Gasteiger partial charge on any atom is 0.414 e. The molecule has 3 heterocycles. The molecule has 0 saturated carbocycles. The molecule has 2 aromatic carbocycles. The Morgan fingerprint density at radius 1 is 1.06 bits per heavy atom. The standard InChI is InChI=1S/C32H33F2N5O9/c1-32(2,3)48-31(41)37(4)28-18-14-24(36-19-8-7-17(13-20(19)39(42)43)38-9-11-46-12-10-38)35-16-23(18)47-30(28)29(40)25-26(33)21(44-5)15-22(45-6)27(25)34/h7-8,13-16H,9-12H2,1-6H3,(H,35,36). The van der Waals surface area contributed by atoms with Gasteiger partial charge < -0.3 is 33.6 Å². The maximum atomic E-state index is 15.4. The molecule has 14 nitrogen and oxygen atoms in total. The van der Waals surface area contributed by atoms with Crippen molar-refractivity contribution in [3.63, 3.8) is 0 Å². The molecule has 1 N–H and O–H groups in total. The third-order valence-corrected chi connectivity index (χ3v) is 7.38. The number of pyridine rings is 1. The van der Waals surface area contributed by atoms with Crippen molar-refractivity contribution >= 4 is 51.4 Å². The van der Waals surface area contributed by atoms with E-state index in [1.807, 2.05) is 4.90 Å². The number of aromatic nitrogens is 1. The van der Waals surface area contributed by atoms with E-state index in [0.717, 1.165) is 25.2 Å². The van der Waals surface area contributed by atoms with Gasteiger partial charge in [-0.2, -0.15) is 0 Å². The number of anilines is 4. The van der Waals surface area contributed by atoms with Crippen molar-refractivity contribution in [2.24, 2.45) is 0 Å². The Labute approximate surface area is 273 Å². The second kappa shape index (κ2) is 13.3. The van der Waals surface area contributed by atoms with Crippen LogP contribution in [0.1, 0.15) is 36.9 Å². The molecule has 0 aliphatic carbocycles. The summed E-state index contributed by atoms with van der Waals surface area (Å²) < 4.78 is 57.5. The number of fused-ring (bicyclic) bond motifs is 1. The molecular weight excluding hydrogens is 636 g/mol. The summed E-state index contributed by atoms with van der Waals surface area (Å²) in [6, 6.07) is 7.02. The topological polar surface area (TPSA) is 159 Å². The highest BCUT2D eigenvalue weighted by Gasteiger charge is 2.35. The van der Waals surface area contributed by atoms with Crippen LogP contribution in [-0.4, -0.2) is 75.0 Å². The number of furan rings is 1. The lowest BCUT2D eigenvalue weighted by molar-refractivity contribution is -0.383. The van der Waals surface area contributed by atoms with Crippen molar-refractivity contribution in [3.8, 4) is 11.5 Å². The number of carbonyl (C=O) groups excluding carboxylic acids is 2. The van der Waals surface area contributed by atoms with Crippen LogP contribution in [0.4, 0.5) is 42.1 Å². The Hall–Kier alpha value is -5.51. The highest BCUT2D eigenvalue weighted by atomic mass is 19.1. The number of benzene rings is 2. The van der Waals surface area contributed by atoms with Crippen LogP contribution in [0.25, 0.3) is 11.0 Å². The molecule has 1 aliphatic heterocycles. The van der Waals surface area contributed by atoms with Gasteiger partial charge in [-0.15, -0.1) is 0 Å². The fraction of sp³-hybridized carbons (Fsp3) is 0.344. The molecule has 0 unspecified atom stereocenters. The molecule has 0 spiro atoms. The summed E-state index contributed by atoms with van der Waals surface area (Å²) in [5, 5.41) is 15.1. The van der Waals surface area contributed by atoms with E-state index in [-0.39, 0.29) is 33.8 Å². The quantitative estimate of drug-likeness (QED) is 0.122. The highest BCUT2D eigenvalue weighted by molar-refractivity contribution is 6.17. The fourth-order valence-corrected chi connectivity index (χ4v) is 5.10. The van der Waals surface area contributed by atoms with Crippen LogP contribution in [0.15, 0.2) is 40.9 Å². The molecule has 0 atom stereocenters. The number of hydrogen-bond acceptors (Lipinski definition) is 12. The van der Waals surface area contributed by atoms with Gasteiger partial charge >= 0.3 is 6.09 Å². The number of halogens is 2. The zero-order chi connectivity index (χ0) is 34.9. The van der Waals surface area contributed by atoms with Gasteiger partial charge in [0.25, 0.3) is 5.69 Å². The van der Waals surface area contributed by atoms with E-state index < -0.39 is 56.9 Å². The number of carbonyl (C=O) groups is 2. The number of nitro benzene ring substituents is 1. The summed E-state index contributed by atoms with van der Waals surface area (Å²) in [5.74, 6) is -5.39. The van der Waals surface area contributed by atoms with Crippen molar-refractivity contribution in [2.45, 2.75) is 26.4 Å². The minimum Gasteiger partial charge on any atom is -0.494 e. The number of ketones is 1. The lowest BCUT2D eigenvalue weighted by Crippen LogP contribution is -2.36. The number of hydrogen-bond donors (Lipinski definition) is 1. The number of nitrogens with zero attached hydrogens (tertiary/aromatic N) is 4. The number of amides is 1. The van der Waals surface area contributed by atoms with Gasteiger partial charge in [0.15, 0.2) is 34.5 Å². The van der Waals surface area contributed by atoms with E-state index in [2.05, 4.69) is 10.3 Å². The number of nitrogens with one attached hydrogen (secondary N) is 1. The average molecular weight is 670 g/mol. The first-order valence-corrected chi connectivity index (χ1v) is 14.7. The third kappa shape index (κ3) is 6.64. The fourth-order valence-electron chi connectivity index (χ4n) is 5.10. The molecule has 254 valence electrons. The predicted octanol–water partition coefficient (Wildman–Crippen LogP) is 6.21. The van der Waals surface area contributed by atoms with E-state index >= 15 is 8.78 Å². The SMILES string of the molecule is COc1cc(OC)c(F)c(C(=O)c2oc3cnc(Nc4ccc(N5CCOCC5)cc4[N+](=O)[O-])cc3c2N(C)C(=O)OC(C)(C)C)c1F. The zero-order valence-electron chi connectivity index (χ0n) is 27.0. The summed E-state index contributed by atoms with van der Waals surface area (Å²) >= 11 is 0. The van der Waals surface area contributed by atoms with Crippen molar-refractivity contribution in [1.82, 2.24) is 4.98 Å². The van der Waals surface area contributed by atoms with Crippen molar-refractivity contribution in [3.05, 3.63) is 69.6 Å². The molecule has 1 amide bonds. The van der Waals surface area contributed by atoms with Crippen molar-refractivity contribution in [1.29, 1.82) is 0 Å². The average Bonchev–Trinajstić information content (AvgIpc) is 3.43. The number of morpholine rings is 1. The second-order valence-corrected chi connectivity index (χ2v) is 11.7. The number of nitro groups is 1. The molecule has 2 aromatic heterocycles. The molecule has 48 heavy (non-hydrogen) atoms. The van der Waals surface area contributed by atoms with Gasteiger partial charge in [0, 0.05) is 38.0 Å². The van der Waals surface area contributed by atoms with E-state index in [4.69, 9.17) is 23.4 Å². The minimum absolute atomic E-state index is 0.0397. The first kappa shape index (κ1) is 33.8. The molecule has 0 bridgehead atoms. The summed E-state index contributed by atoms with van der Waals surface area (Å²) in [5.41, 5.74) is -1.72. The molecule has 1 aliphatic rings. The monoisotopic (exact) mass is 669 g/mol. The van der Waals surface area contributed by atoms with Gasteiger partial charge in [-0.05, 0) is 39.0 Å². The number of ether oxygens (including phenoxy) is 4. The smallest absolute Gasteiger partial charge is 0.414 e. The molecule has 5 rings (SSSR count). The second-order valence-electron chi connectivity index (χ2n) is 11.7. The Morgan fingerprint density at radius 2 is 1.71 bits per heavy atom. The van der Waals surface area contributed by atoms with Gasteiger partial charge in [-0.1, -0.05) is 0 Å². The summed E-state index contributed by atoms with van der Waals surface area (Å²) in [6.45, 7) is 7.05. The van der Waals surface area contributed by atoms with Crippen molar-refractivity contribution in [2.75, 3.05) is 62.7 Å². The lowest BCUT2D eigenvalue weighted by Gasteiger charge is -2.28. The van der Waals surface area contributed by atoms with E-state index in [1.54, 1.807) is 26.8 Å². The molecule has 16 heteroatoms. The first-order valence-electron chi connectivity index (χ1n) is 14.7. The normalized spacial score (nSPS) is 13.3. The molecule has 0 radical (unpaired) electrons. The van der Waals surface area contributed by atoms with Gasteiger partial charge in [-0.25, -0.2) is 18.6 Å². The van der Waals surface area contributed by atoms with Crippen LogP contribution in [0.5, 0.6) is 11.5 Å². The van der Waals surface area contributed by atoms with Gasteiger partial charge in [0.1, 0.15) is 28.4 Å². The Bertz CT molecular complexity index is 1870. The van der Waals surface area contributed by atoms with E-state index in [1.165, 1.54) is 31.4 Å². The molecule has 4 aromatic rings. The van der Waals surface area contributed by atoms with Crippen molar-refractivity contribution < 1.29 is 46.7 Å². The lowest BCUT2D eigenvalue weighted by atomic mass is 10.0. The zero-order valence-corrected chi connectivity index (χ0v) is 27.0. The molecule has 1 saturated heterocycles. The maximum absolute atomic E-state index is 15.4. The van der Waals surface area contributed by atoms with Crippen LogP contribution >= 0.6 is 0 Å². The minimum atomic E-state index is -1.32. The highest BCUT2D eigenvalue weighted by Crippen LogP contribution is 2.40. The summed E-state index contributed by atoms with van der Waals surface area (Å²) in [4.78, 5) is 45.9. The summed E-state index contributed by atoms with van der Waals surface area (Å²) in [7, 11) is 3.55. The Balaban J connectivity index is 1.63. The van der Waals surface area contributed by atoms with E-state index in [0.29, 0.717) is 32.0 Å². The third-order valence-electron chi connectivity index (χ3n) is 7.38. The molecule has 1 fully saturated rings. The van der Waals surface area contributed by atoms with Gasteiger partial charge in [-0.3, -0.25) is 19.8 Å². The van der Waals surface area contributed by atoms with Gasteiger partial charge in [0.05, 0.1) is 43.9 Å². The van der Waals surface area contributed by atoms with Crippen LogP contribution in [0.2, 0.25) is 0 Å². The van der Waals surface area contributed by atoms with Crippen LogP contribution < -0.4 is 24.6 Å². The van der Waals surface area contributed by atoms with Gasteiger partial charge in [0.2, 0.25) is 5.78 Å².